The van der Waals surface area contributed by atoms with Crippen molar-refractivity contribution in [1.29, 1.82) is 0 Å². The molecule has 2 rings (SSSR count). The molecular formula is C11H6F6N2. The molecule has 102 valence electrons. The summed E-state index contributed by atoms with van der Waals surface area (Å²) in [6.45, 7) is 0. The second kappa shape index (κ2) is 4.29. The van der Waals surface area contributed by atoms with Crippen LogP contribution in [0.4, 0.5) is 26.3 Å². The maximum Gasteiger partial charge on any atom is 0.434 e. The summed E-state index contributed by atoms with van der Waals surface area (Å²) in [5, 5.41) is 0. The third kappa shape index (κ3) is 2.72. The van der Waals surface area contributed by atoms with Gasteiger partial charge in [-0.25, -0.2) is 4.98 Å². The molecule has 2 aromatic rings. The van der Waals surface area contributed by atoms with E-state index < -0.39 is 35.0 Å². The van der Waals surface area contributed by atoms with Crippen LogP contribution in [0.2, 0.25) is 0 Å². The molecule has 0 aliphatic rings. The summed E-state index contributed by atoms with van der Waals surface area (Å²) in [5.74, 6) is -0.472. The predicted molar refractivity (Wildman–Crippen MR) is 54.0 cm³/mol. The van der Waals surface area contributed by atoms with Gasteiger partial charge in [-0.15, -0.1) is 0 Å². The molecule has 0 fully saturated rings. The van der Waals surface area contributed by atoms with Crippen molar-refractivity contribution in [2.45, 2.75) is 12.4 Å². The number of imidazole rings is 1. The number of H-pyrrole nitrogens is 1. The standard InChI is InChI=1S/C11H6F6N2/c12-10(13,14)7-4-2-1-3-6(7)9-18-5-8(19-9)11(15,16)17/h1-5H,(H,18,19). The molecule has 19 heavy (non-hydrogen) atoms. The predicted octanol–water partition coefficient (Wildman–Crippen LogP) is 4.11. The monoisotopic (exact) mass is 280 g/mol. The van der Waals surface area contributed by atoms with Crippen LogP contribution in [0.25, 0.3) is 11.4 Å². The minimum atomic E-state index is -4.71. The average molecular weight is 280 g/mol. The first-order chi connectivity index (χ1) is 8.69. The van der Waals surface area contributed by atoms with Gasteiger partial charge in [0.2, 0.25) is 0 Å². The topological polar surface area (TPSA) is 28.7 Å². The number of benzene rings is 1. The van der Waals surface area contributed by atoms with Crippen molar-refractivity contribution in [3.05, 3.63) is 41.7 Å². The third-order valence-corrected chi connectivity index (χ3v) is 2.36. The van der Waals surface area contributed by atoms with Gasteiger partial charge in [0.1, 0.15) is 5.82 Å². The van der Waals surface area contributed by atoms with Crippen molar-refractivity contribution in [2.24, 2.45) is 0 Å². The van der Waals surface area contributed by atoms with Gasteiger partial charge in [-0.2, -0.15) is 26.3 Å². The Hall–Kier alpha value is -1.99. The number of rotatable bonds is 1. The molecule has 1 aromatic carbocycles. The lowest BCUT2D eigenvalue weighted by atomic mass is 10.1. The summed E-state index contributed by atoms with van der Waals surface area (Å²) in [5.41, 5.74) is -2.73. The van der Waals surface area contributed by atoms with Crippen LogP contribution in [0, 0.1) is 0 Å². The summed E-state index contributed by atoms with van der Waals surface area (Å²) in [7, 11) is 0. The fourth-order valence-electron chi connectivity index (χ4n) is 1.54. The molecule has 0 bridgehead atoms. The lowest BCUT2D eigenvalue weighted by Crippen LogP contribution is -2.08. The van der Waals surface area contributed by atoms with Crippen LogP contribution >= 0.6 is 0 Å². The quantitative estimate of drug-likeness (QED) is 0.782. The highest BCUT2D eigenvalue weighted by Gasteiger charge is 2.36. The van der Waals surface area contributed by atoms with Gasteiger partial charge in [0.05, 0.1) is 5.56 Å². The van der Waals surface area contributed by atoms with Crippen LogP contribution in [0.15, 0.2) is 30.5 Å². The Morgan fingerprint density at radius 1 is 0.895 bits per heavy atom. The van der Waals surface area contributed by atoms with Gasteiger partial charge in [-0.1, -0.05) is 18.2 Å². The second-order valence-corrected chi connectivity index (χ2v) is 3.68. The molecule has 0 spiro atoms. The first kappa shape index (κ1) is 13.4. The van der Waals surface area contributed by atoms with Crippen molar-refractivity contribution in [3.63, 3.8) is 0 Å². The van der Waals surface area contributed by atoms with E-state index in [1.54, 1.807) is 0 Å². The molecule has 0 unspecified atom stereocenters. The highest BCUT2D eigenvalue weighted by molar-refractivity contribution is 5.61. The van der Waals surface area contributed by atoms with Crippen LogP contribution in [-0.2, 0) is 12.4 Å². The van der Waals surface area contributed by atoms with Gasteiger partial charge in [-0.3, -0.25) is 0 Å². The molecule has 0 aliphatic heterocycles. The number of aromatic amines is 1. The number of halogens is 6. The molecule has 0 saturated heterocycles. The lowest BCUT2D eigenvalue weighted by Gasteiger charge is -2.10. The van der Waals surface area contributed by atoms with Crippen molar-refractivity contribution >= 4 is 0 Å². The zero-order chi connectivity index (χ0) is 14.3. The van der Waals surface area contributed by atoms with Gasteiger partial charge in [0, 0.05) is 11.8 Å². The molecule has 8 heteroatoms. The molecule has 1 heterocycles. The van der Waals surface area contributed by atoms with E-state index in [9.17, 15) is 26.3 Å². The van der Waals surface area contributed by atoms with Crippen LogP contribution in [-0.4, -0.2) is 9.97 Å². The van der Waals surface area contributed by atoms with Crippen molar-refractivity contribution in [1.82, 2.24) is 9.97 Å². The maximum absolute atomic E-state index is 12.7. The molecule has 2 nitrogen and oxygen atoms in total. The Morgan fingerprint density at radius 2 is 1.53 bits per heavy atom. The smallest absolute Gasteiger partial charge is 0.344 e. The molecule has 0 amide bonds. The highest BCUT2D eigenvalue weighted by atomic mass is 19.4. The zero-order valence-corrected chi connectivity index (χ0v) is 9.10. The number of hydrogen-bond donors (Lipinski definition) is 1. The van der Waals surface area contributed by atoms with Crippen LogP contribution in [0.1, 0.15) is 11.3 Å². The van der Waals surface area contributed by atoms with Gasteiger partial charge < -0.3 is 4.98 Å². The van der Waals surface area contributed by atoms with Crippen LogP contribution < -0.4 is 0 Å². The summed E-state index contributed by atoms with van der Waals surface area (Å²) < 4.78 is 75.2. The Balaban J connectivity index is 2.52. The number of aromatic nitrogens is 2. The fraction of sp³-hybridized carbons (Fsp3) is 0.182. The second-order valence-electron chi connectivity index (χ2n) is 3.68. The molecule has 0 aliphatic carbocycles. The SMILES string of the molecule is FC(F)(F)c1c[nH]c(-c2ccccc2C(F)(F)F)n1. The Morgan fingerprint density at radius 3 is 2.05 bits per heavy atom. The molecule has 0 atom stereocenters. The van der Waals surface area contributed by atoms with E-state index >= 15 is 0 Å². The average Bonchev–Trinajstić information content (AvgIpc) is 2.76. The number of nitrogens with zero attached hydrogens (tertiary/aromatic N) is 1. The van der Waals surface area contributed by atoms with Gasteiger partial charge in [0.25, 0.3) is 0 Å². The number of alkyl halides is 6. The van der Waals surface area contributed by atoms with Crippen LogP contribution in [0.5, 0.6) is 0 Å². The molecule has 0 saturated carbocycles. The zero-order valence-electron chi connectivity index (χ0n) is 9.10. The van der Waals surface area contributed by atoms with E-state index in [2.05, 4.69) is 9.97 Å². The maximum atomic E-state index is 12.7. The van der Waals surface area contributed by atoms with E-state index in [1.807, 2.05) is 0 Å². The summed E-state index contributed by atoms with van der Waals surface area (Å²) in [6, 6.07) is 4.28. The lowest BCUT2D eigenvalue weighted by molar-refractivity contribution is -0.140. The summed E-state index contributed by atoms with van der Waals surface area (Å²) in [6.07, 6.45) is -8.84. The van der Waals surface area contributed by atoms with Crippen molar-refractivity contribution in [2.75, 3.05) is 0 Å². The van der Waals surface area contributed by atoms with Gasteiger partial charge in [0.15, 0.2) is 5.69 Å². The largest absolute Gasteiger partial charge is 0.434 e. The normalized spacial score (nSPS) is 12.7. The van der Waals surface area contributed by atoms with E-state index in [1.165, 1.54) is 6.07 Å². The third-order valence-electron chi connectivity index (χ3n) is 2.36. The minimum absolute atomic E-state index is 0.425. The summed E-state index contributed by atoms with van der Waals surface area (Å²) in [4.78, 5) is 5.26. The van der Waals surface area contributed by atoms with Gasteiger partial charge in [-0.05, 0) is 6.07 Å². The van der Waals surface area contributed by atoms with E-state index in [0.29, 0.717) is 6.20 Å². The summed E-state index contributed by atoms with van der Waals surface area (Å²) >= 11 is 0. The molecular weight excluding hydrogens is 274 g/mol. The number of nitrogens with one attached hydrogen (secondary N) is 1. The fourth-order valence-corrected chi connectivity index (χ4v) is 1.54. The van der Waals surface area contributed by atoms with Crippen molar-refractivity contribution in [3.8, 4) is 11.4 Å². The Labute approximate surface area is 103 Å². The first-order valence-electron chi connectivity index (χ1n) is 4.99. The number of hydrogen-bond acceptors (Lipinski definition) is 1. The van der Waals surface area contributed by atoms with E-state index in [0.717, 1.165) is 18.2 Å². The Kier molecular flexibility index (Phi) is 3.03. The molecule has 1 N–H and O–H groups in total. The van der Waals surface area contributed by atoms with E-state index in [4.69, 9.17) is 0 Å². The molecule has 0 radical (unpaired) electrons. The van der Waals surface area contributed by atoms with E-state index in [-0.39, 0.29) is 0 Å². The first-order valence-corrected chi connectivity index (χ1v) is 4.99. The van der Waals surface area contributed by atoms with Crippen molar-refractivity contribution < 1.29 is 26.3 Å². The molecule has 1 aromatic heterocycles. The minimum Gasteiger partial charge on any atom is -0.344 e. The highest BCUT2D eigenvalue weighted by Crippen LogP contribution is 2.37. The Bertz CT molecular complexity index is 581. The van der Waals surface area contributed by atoms with Crippen LogP contribution in [0.3, 0.4) is 0 Å². The van der Waals surface area contributed by atoms with Gasteiger partial charge >= 0.3 is 12.4 Å².